The number of thioether (sulfide) groups is 1. The molecule has 0 unspecified atom stereocenters. The summed E-state index contributed by atoms with van der Waals surface area (Å²) in [6, 6.07) is 0. The maximum absolute atomic E-state index is 4.49. The van der Waals surface area contributed by atoms with Crippen LogP contribution in [0.5, 0.6) is 0 Å². The Hall–Kier alpha value is -0.610. The van der Waals surface area contributed by atoms with E-state index in [1.54, 1.807) is 11.8 Å². The fraction of sp³-hybridized carbons (Fsp3) is 0.778. The van der Waals surface area contributed by atoms with Gasteiger partial charge in [0.1, 0.15) is 0 Å². The highest BCUT2D eigenvalue weighted by atomic mass is 32.2. The molecule has 0 radical (unpaired) electrons. The molecule has 1 aromatic rings. The average molecular weight is 318 g/mol. The third-order valence-electron chi connectivity index (χ3n) is 5.82. The third kappa shape index (κ3) is 3.05. The van der Waals surface area contributed by atoms with Crippen LogP contribution in [0.3, 0.4) is 0 Å². The molecular formula is C18H27N3S. The Morgan fingerprint density at radius 1 is 1.09 bits per heavy atom. The zero-order valence-corrected chi connectivity index (χ0v) is 14.4. The molecule has 0 aromatic carbocycles. The molecule has 0 amide bonds. The van der Waals surface area contributed by atoms with E-state index in [2.05, 4.69) is 22.2 Å². The Bertz CT molecular complexity index is 478. The van der Waals surface area contributed by atoms with E-state index >= 15 is 0 Å². The van der Waals surface area contributed by atoms with Gasteiger partial charge in [0.25, 0.3) is 0 Å². The van der Waals surface area contributed by atoms with E-state index in [4.69, 9.17) is 0 Å². The van der Waals surface area contributed by atoms with E-state index < -0.39 is 0 Å². The highest BCUT2D eigenvalue weighted by Crippen LogP contribution is 2.55. The minimum atomic E-state index is 0.435. The lowest BCUT2D eigenvalue weighted by atomic mass is 9.53. The smallest absolute Gasteiger partial charge is 0.187 e. The van der Waals surface area contributed by atoms with Crippen molar-refractivity contribution in [2.45, 2.75) is 69.1 Å². The lowest BCUT2D eigenvalue weighted by Gasteiger charge is -2.57. The van der Waals surface area contributed by atoms with Crippen LogP contribution in [-0.2, 0) is 6.54 Å². The number of hydrogen-bond donors (Lipinski definition) is 1. The molecule has 5 rings (SSSR count). The molecule has 4 aliphatic rings. The van der Waals surface area contributed by atoms with Gasteiger partial charge in [-0.05, 0) is 62.7 Å². The molecule has 120 valence electrons. The summed E-state index contributed by atoms with van der Waals surface area (Å²) in [7, 11) is 0. The van der Waals surface area contributed by atoms with Crippen molar-refractivity contribution < 1.29 is 0 Å². The monoisotopic (exact) mass is 317 g/mol. The summed E-state index contributed by atoms with van der Waals surface area (Å²) in [5.41, 5.74) is 1.67. The topological polar surface area (TPSA) is 37.8 Å². The fourth-order valence-electron chi connectivity index (χ4n) is 5.32. The molecule has 4 heteroatoms. The molecular weight excluding hydrogens is 290 g/mol. The van der Waals surface area contributed by atoms with Gasteiger partial charge in [0.05, 0.1) is 0 Å². The molecule has 4 aliphatic carbocycles. The zero-order chi connectivity index (χ0) is 15.0. The van der Waals surface area contributed by atoms with Gasteiger partial charge in [-0.15, -0.1) is 0 Å². The van der Waals surface area contributed by atoms with Gasteiger partial charge in [-0.25, -0.2) is 9.97 Å². The van der Waals surface area contributed by atoms with Crippen LogP contribution in [0.2, 0.25) is 0 Å². The first-order valence-electron chi connectivity index (χ1n) is 8.93. The third-order valence-corrected chi connectivity index (χ3v) is 6.90. The molecule has 22 heavy (non-hydrogen) atoms. The van der Waals surface area contributed by atoms with Crippen LogP contribution < -0.4 is 5.32 Å². The van der Waals surface area contributed by atoms with Crippen LogP contribution in [0, 0.1) is 17.8 Å². The largest absolute Gasteiger partial charge is 0.307 e. The lowest BCUT2D eigenvalue weighted by molar-refractivity contribution is -0.0206. The Kier molecular flexibility index (Phi) is 4.16. The van der Waals surface area contributed by atoms with Crippen LogP contribution in [0.15, 0.2) is 17.6 Å². The molecule has 1 aromatic heterocycles. The zero-order valence-electron chi connectivity index (χ0n) is 13.6. The summed E-state index contributed by atoms with van der Waals surface area (Å²) in [5.74, 6) is 4.11. The molecule has 0 atom stereocenters. The maximum Gasteiger partial charge on any atom is 0.187 e. The van der Waals surface area contributed by atoms with Crippen LogP contribution in [-0.4, -0.2) is 21.3 Å². The first kappa shape index (κ1) is 14.9. The number of hydrogen-bond acceptors (Lipinski definition) is 4. The summed E-state index contributed by atoms with van der Waals surface area (Å²) in [5, 5.41) is 4.84. The number of nitrogens with one attached hydrogen (secondary N) is 1. The minimum absolute atomic E-state index is 0.435. The second kappa shape index (κ2) is 6.12. The standard InChI is InChI=1S/C18H27N3S/c1-2-3-22-17-19-10-16(11-20-17)12-21-18-7-13-4-14(8-18)6-15(5-13)9-18/h10-11,13-15,21H,2-9,12H2,1H3. The number of rotatable bonds is 6. The van der Waals surface area contributed by atoms with Gasteiger partial charge in [-0.2, -0.15) is 0 Å². The maximum atomic E-state index is 4.49. The summed E-state index contributed by atoms with van der Waals surface area (Å²) in [6.45, 7) is 3.13. The molecule has 4 saturated carbocycles. The van der Waals surface area contributed by atoms with Gasteiger partial charge >= 0.3 is 0 Å². The van der Waals surface area contributed by atoms with Gasteiger partial charge in [0, 0.05) is 35.8 Å². The van der Waals surface area contributed by atoms with Gasteiger partial charge in [0.15, 0.2) is 5.16 Å². The van der Waals surface area contributed by atoms with Gasteiger partial charge in [-0.1, -0.05) is 18.7 Å². The van der Waals surface area contributed by atoms with E-state index in [-0.39, 0.29) is 0 Å². The molecule has 0 saturated heterocycles. The molecule has 3 nitrogen and oxygen atoms in total. The lowest BCUT2D eigenvalue weighted by Crippen LogP contribution is -2.58. The van der Waals surface area contributed by atoms with Crippen molar-refractivity contribution in [2.24, 2.45) is 17.8 Å². The average Bonchev–Trinajstić information content (AvgIpc) is 2.51. The van der Waals surface area contributed by atoms with Crippen molar-refractivity contribution >= 4 is 11.8 Å². The predicted molar refractivity (Wildman–Crippen MR) is 90.8 cm³/mol. The Morgan fingerprint density at radius 3 is 2.23 bits per heavy atom. The number of aromatic nitrogens is 2. The van der Waals surface area contributed by atoms with Gasteiger partial charge < -0.3 is 5.32 Å². The van der Waals surface area contributed by atoms with Crippen molar-refractivity contribution in [3.63, 3.8) is 0 Å². The molecule has 1 N–H and O–H groups in total. The highest BCUT2D eigenvalue weighted by molar-refractivity contribution is 7.99. The normalized spacial score (nSPS) is 36.0. The first-order chi connectivity index (χ1) is 10.7. The Balaban J connectivity index is 1.36. The highest BCUT2D eigenvalue weighted by Gasteiger charge is 2.50. The molecule has 4 fully saturated rings. The summed E-state index contributed by atoms with van der Waals surface area (Å²) in [6.07, 6.45) is 13.9. The van der Waals surface area contributed by atoms with Crippen LogP contribution in [0.1, 0.15) is 57.4 Å². The Morgan fingerprint density at radius 2 is 1.68 bits per heavy atom. The van der Waals surface area contributed by atoms with Crippen molar-refractivity contribution in [1.82, 2.24) is 15.3 Å². The fourth-order valence-corrected chi connectivity index (χ4v) is 5.96. The van der Waals surface area contributed by atoms with Gasteiger partial charge in [-0.3, -0.25) is 0 Å². The summed E-state index contributed by atoms with van der Waals surface area (Å²) < 4.78 is 0. The van der Waals surface area contributed by atoms with E-state index in [1.807, 2.05) is 12.4 Å². The molecule has 0 spiro atoms. The number of nitrogens with zero attached hydrogens (tertiary/aromatic N) is 2. The predicted octanol–water partition coefficient (Wildman–Crippen LogP) is 4.04. The van der Waals surface area contributed by atoms with Crippen molar-refractivity contribution in [2.75, 3.05) is 5.75 Å². The Labute approximate surface area is 138 Å². The molecule has 0 aliphatic heterocycles. The van der Waals surface area contributed by atoms with Crippen molar-refractivity contribution in [3.05, 3.63) is 18.0 Å². The van der Waals surface area contributed by atoms with Crippen molar-refractivity contribution in [3.8, 4) is 0 Å². The van der Waals surface area contributed by atoms with E-state index in [1.165, 1.54) is 50.5 Å². The quantitative estimate of drug-likeness (QED) is 0.635. The van der Waals surface area contributed by atoms with Crippen LogP contribution >= 0.6 is 11.8 Å². The van der Waals surface area contributed by atoms with E-state index in [0.29, 0.717) is 5.54 Å². The second-order valence-corrected chi connectivity index (χ2v) is 8.84. The first-order valence-corrected chi connectivity index (χ1v) is 9.92. The molecule has 4 bridgehead atoms. The SMILES string of the molecule is CCCSc1ncc(CNC23CC4CC(CC(C4)C2)C3)cn1. The van der Waals surface area contributed by atoms with Crippen LogP contribution in [0.4, 0.5) is 0 Å². The van der Waals surface area contributed by atoms with Crippen molar-refractivity contribution in [1.29, 1.82) is 0 Å². The second-order valence-electron chi connectivity index (χ2n) is 7.77. The summed E-state index contributed by atoms with van der Waals surface area (Å²) >= 11 is 1.75. The van der Waals surface area contributed by atoms with E-state index in [9.17, 15) is 0 Å². The van der Waals surface area contributed by atoms with E-state index in [0.717, 1.165) is 35.2 Å². The summed E-state index contributed by atoms with van der Waals surface area (Å²) in [4.78, 5) is 8.99. The van der Waals surface area contributed by atoms with Gasteiger partial charge in [0.2, 0.25) is 0 Å². The minimum Gasteiger partial charge on any atom is -0.307 e. The molecule has 1 heterocycles. The van der Waals surface area contributed by atoms with Crippen LogP contribution in [0.25, 0.3) is 0 Å².